The molecule has 3 aromatic heterocycles. The molecule has 9 heteroatoms. The summed E-state index contributed by atoms with van der Waals surface area (Å²) in [6.45, 7) is 1.45. The van der Waals surface area contributed by atoms with Gasteiger partial charge in [-0.05, 0) is 37.1 Å². The number of rotatable bonds is 4. The lowest BCUT2D eigenvalue weighted by atomic mass is 9.97. The molecular formula is C18H17ClN6OS. The first-order valence-electron chi connectivity index (χ1n) is 8.60. The molecule has 1 aliphatic heterocycles. The first-order chi connectivity index (χ1) is 13.2. The zero-order valence-electron chi connectivity index (χ0n) is 14.4. The normalized spacial score (nSPS) is 16.9. The summed E-state index contributed by atoms with van der Waals surface area (Å²) in [6.07, 6.45) is 5.23. The minimum Gasteiger partial charge on any atom is -0.354 e. The van der Waals surface area contributed by atoms with Gasteiger partial charge in [-0.2, -0.15) is 0 Å². The van der Waals surface area contributed by atoms with Crippen LogP contribution in [0.3, 0.4) is 0 Å². The van der Waals surface area contributed by atoms with Crippen molar-refractivity contribution in [2.24, 2.45) is 5.92 Å². The van der Waals surface area contributed by atoms with Gasteiger partial charge in [0, 0.05) is 36.4 Å². The summed E-state index contributed by atoms with van der Waals surface area (Å²) in [7, 11) is 0. The fraction of sp³-hybridized carbons (Fsp3) is 0.278. The zero-order valence-corrected chi connectivity index (χ0v) is 16.0. The van der Waals surface area contributed by atoms with Crippen molar-refractivity contribution in [3.63, 3.8) is 0 Å². The summed E-state index contributed by atoms with van der Waals surface area (Å²) in [4.78, 5) is 23.4. The second-order valence-electron chi connectivity index (χ2n) is 6.27. The van der Waals surface area contributed by atoms with Gasteiger partial charge >= 0.3 is 0 Å². The van der Waals surface area contributed by atoms with Gasteiger partial charge in [0.25, 0.3) is 0 Å². The Balaban J connectivity index is 1.41. The minimum absolute atomic E-state index is 0.0197. The van der Waals surface area contributed by atoms with Crippen LogP contribution >= 0.6 is 22.9 Å². The largest absolute Gasteiger partial charge is 0.354 e. The molecular weight excluding hydrogens is 384 g/mol. The van der Waals surface area contributed by atoms with Crippen LogP contribution in [0.5, 0.6) is 0 Å². The molecule has 27 heavy (non-hydrogen) atoms. The van der Waals surface area contributed by atoms with Crippen LogP contribution in [0, 0.1) is 5.92 Å². The first-order valence-corrected chi connectivity index (χ1v) is 9.86. The molecule has 138 valence electrons. The molecule has 1 fully saturated rings. The van der Waals surface area contributed by atoms with Gasteiger partial charge in [-0.15, -0.1) is 21.5 Å². The van der Waals surface area contributed by atoms with E-state index in [0.29, 0.717) is 16.8 Å². The molecule has 0 saturated carbocycles. The van der Waals surface area contributed by atoms with Gasteiger partial charge in [0.1, 0.15) is 0 Å². The van der Waals surface area contributed by atoms with Crippen LogP contribution < -0.4 is 10.2 Å². The van der Waals surface area contributed by atoms with E-state index in [9.17, 15) is 4.79 Å². The van der Waals surface area contributed by atoms with Crippen molar-refractivity contribution in [1.82, 2.24) is 20.2 Å². The predicted octanol–water partition coefficient (Wildman–Crippen LogP) is 3.50. The Bertz CT molecular complexity index is 917. The smallest absolute Gasteiger partial charge is 0.231 e. The van der Waals surface area contributed by atoms with Gasteiger partial charge in [0.15, 0.2) is 16.1 Å². The third kappa shape index (κ3) is 4.23. The van der Waals surface area contributed by atoms with Crippen LogP contribution in [-0.4, -0.2) is 39.2 Å². The third-order valence-electron chi connectivity index (χ3n) is 4.43. The molecule has 1 atom stereocenters. The van der Waals surface area contributed by atoms with Crippen molar-refractivity contribution >= 4 is 39.8 Å². The molecule has 0 aromatic carbocycles. The summed E-state index contributed by atoms with van der Waals surface area (Å²) in [5.74, 6) is 0.598. The van der Waals surface area contributed by atoms with E-state index < -0.39 is 0 Å². The van der Waals surface area contributed by atoms with E-state index in [1.165, 1.54) is 11.3 Å². The SMILES string of the molecule is O=C(Nc1nc(-c2cccnc2)cs1)[C@@H]1CCCN(c2ccc(Cl)nn2)C1. The fourth-order valence-corrected chi connectivity index (χ4v) is 3.89. The van der Waals surface area contributed by atoms with Gasteiger partial charge in [0.2, 0.25) is 5.91 Å². The Kier molecular flexibility index (Phi) is 5.26. The predicted molar refractivity (Wildman–Crippen MR) is 106 cm³/mol. The highest BCUT2D eigenvalue weighted by molar-refractivity contribution is 7.14. The molecule has 1 N–H and O–H groups in total. The molecule has 4 rings (SSSR count). The number of pyridine rings is 1. The number of hydrogen-bond donors (Lipinski definition) is 1. The number of amides is 1. The number of hydrogen-bond acceptors (Lipinski definition) is 7. The molecule has 1 amide bonds. The van der Waals surface area contributed by atoms with Crippen molar-refractivity contribution in [2.75, 3.05) is 23.3 Å². The van der Waals surface area contributed by atoms with Crippen LogP contribution in [0.15, 0.2) is 42.0 Å². The highest BCUT2D eigenvalue weighted by Gasteiger charge is 2.27. The zero-order chi connectivity index (χ0) is 18.6. The van der Waals surface area contributed by atoms with Crippen LogP contribution in [0.2, 0.25) is 5.15 Å². The average Bonchev–Trinajstić information content (AvgIpc) is 3.18. The summed E-state index contributed by atoms with van der Waals surface area (Å²) >= 11 is 7.21. The van der Waals surface area contributed by atoms with Crippen LogP contribution in [0.25, 0.3) is 11.3 Å². The number of nitrogens with one attached hydrogen (secondary N) is 1. The molecule has 3 aromatic rings. The second kappa shape index (κ2) is 7.98. The number of thiazole rings is 1. The van der Waals surface area contributed by atoms with E-state index in [2.05, 4.69) is 30.4 Å². The Morgan fingerprint density at radius 3 is 3.00 bits per heavy atom. The van der Waals surface area contributed by atoms with Gasteiger partial charge in [-0.25, -0.2) is 4.98 Å². The van der Waals surface area contributed by atoms with E-state index in [4.69, 9.17) is 11.6 Å². The van der Waals surface area contributed by atoms with Gasteiger partial charge in [-0.1, -0.05) is 11.6 Å². The summed E-state index contributed by atoms with van der Waals surface area (Å²) in [5, 5.41) is 13.8. The second-order valence-corrected chi connectivity index (χ2v) is 7.51. The van der Waals surface area contributed by atoms with E-state index >= 15 is 0 Å². The van der Waals surface area contributed by atoms with E-state index in [-0.39, 0.29) is 11.8 Å². The average molecular weight is 401 g/mol. The number of anilines is 2. The third-order valence-corrected chi connectivity index (χ3v) is 5.39. The molecule has 0 unspecified atom stereocenters. The van der Waals surface area contributed by atoms with E-state index in [1.807, 2.05) is 23.6 Å². The Labute approximate surface area is 165 Å². The van der Waals surface area contributed by atoms with Crippen LogP contribution in [-0.2, 0) is 4.79 Å². The maximum atomic E-state index is 12.7. The monoisotopic (exact) mass is 400 g/mol. The molecule has 0 radical (unpaired) electrons. The van der Waals surface area contributed by atoms with E-state index in [0.717, 1.165) is 36.5 Å². The summed E-state index contributed by atoms with van der Waals surface area (Å²) < 4.78 is 0. The Morgan fingerprint density at radius 2 is 2.22 bits per heavy atom. The molecule has 1 saturated heterocycles. The molecule has 0 bridgehead atoms. The lowest BCUT2D eigenvalue weighted by Gasteiger charge is -2.32. The van der Waals surface area contributed by atoms with Crippen molar-refractivity contribution in [3.05, 3.63) is 47.2 Å². The van der Waals surface area contributed by atoms with Crippen LogP contribution in [0.1, 0.15) is 12.8 Å². The van der Waals surface area contributed by atoms with Gasteiger partial charge < -0.3 is 10.2 Å². The Morgan fingerprint density at radius 1 is 1.30 bits per heavy atom. The quantitative estimate of drug-likeness (QED) is 0.721. The highest BCUT2D eigenvalue weighted by atomic mass is 35.5. The van der Waals surface area contributed by atoms with E-state index in [1.54, 1.807) is 18.5 Å². The Hall–Kier alpha value is -2.58. The number of nitrogens with zero attached hydrogens (tertiary/aromatic N) is 5. The van der Waals surface area contributed by atoms with Crippen LogP contribution in [0.4, 0.5) is 10.9 Å². The van der Waals surface area contributed by atoms with Crippen molar-refractivity contribution < 1.29 is 4.79 Å². The molecule has 0 spiro atoms. The number of carbonyl (C=O) groups excluding carboxylic acids is 1. The molecule has 0 aliphatic carbocycles. The lowest BCUT2D eigenvalue weighted by Crippen LogP contribution is -2.41. The van der Waals surface area contributed by atoms with Crippen molar-refractivity contribution in [3.8, 4) is 11.3 Å². The van der Waals surface area contributed by atoms with Crippen molar-refractivity contribution in [2.45, 2.75) is 12.8 Å². The molecule has 1 aliphatic rings. The maximum Gasteiger partial charge on any atom is 0.231 e. The maximum absolute atomic E-state index is 12.7. The number of aromatic nitrogens is 4. The van der Waals surface area contributed by atoms with Gasteiger partial charge in [0.05, 0.1) is 11.6 Å². The number of carbonyl (C=O) groups is 1. The summed E-state index contributed by atoms with van der Waals surface area (Å²) in [5.41, 5.74) is 1.74. The minimum atomic E-state index is -0.123. The van der Waals surface area contributed by atoms with Gasteiger partial charge in [-0.3, -0.25) is 9.78 Å². The number of piperidine rings is 1. The number of halogens is 1. The standard InChI is InChI=1S/C18H17ClN6OS/c19-15-5-6-16(24-23-15)25-8-2-4-13(10-25)17(26)22-18-21-14(11-27-18)12-3-1-7-20-9-12/h1,3,5-7,9,11,13H,2,4,8,10H2,(H,21,22,26)/t13-/m1/s1. The lowest BCUT2D eigenvalue weighted by molar-refractivity contribution is -0.120. The highest BCUT2D eigenvalue weighted by Crippen LogP contribution is 2.26. The summed E-state index contributed by atoms with van der Waals surface area (Å²) in [6, 6.07) is 7.35. The first kappa shape index (κ1) is 17.8. The molecule has 7 nitrogen and oxygen atoms in total. The molecule has 4 heterocycles. The fourth-order valence-electron chi connectivity index (χ4n) is 3.06. The van der Waals surface area contributed by atoms with Crippen molar-refractivity contribution in [1.29, 1.82) is 0 Å². The topological polar surface area (TPSA) is 83.9 Å².